The van der Waals surface area contributed by atoms with Gasteiger partial charge in [0.2, 0.25) is 0 Å². The van der Waals surface area contributed by atoms with E-state index in [0.717, 1.165) is 0 Å². The molecule has 0 aliphatic carbocycles. The number of rotatable bonds is 5. The molecule has 0 aliphatic rings. The highest BCUT2D eigenvalue weighted by Crippen LogP contribution is 2.18. The Bertz CT molecular complexity index is 632. The van der Waals surface area contributed by atoms with Gasteiger partial charge in [0.25, 0.3) is 0 Å². The van der Waals surface area contributed by atoms with Crippen molar-refractivity contribution in [2.24, 2.45) is 0 Å². The van der Waals surface area contributed by atoms with E-state index in [4.69, 9.17) is 16.3 Å². The van der Waals surface area contributed by atoms with Crippen LogP contribution in [0.2, 0.25) is 5.02 Å². The molecule has 0 heterocycles. The van der Waals surface area contributed by atoms with Gasteiger partial charge in [0.05, 0.1) is 13.2 Å². The lowest BCUT2D eigenvalue weighted by Gasteiger charge is -2.14. The zero-order valence-corrected chi connectivity index (χ0v) is 12.8. The number of aliphatic hydroxyl groups is 1. The van der Waals surface area contributed by atoms with E-state index in [0.29, 0.717) is 22.0 Å². The molecule has 2 aromatic rings. The minimum absolute atomic E-state index is 0.0899. The minimum atomic E-state index is -0.814. The molecule has 0 aromatic heterocycles. The number of nitrogens with one attached hydrogen (secondary N) is 2. The Morgan fingerprint density at radius 1 is 1.27 bits per heavy atom. The first-order valence-corrected chi connectivity index (χ1v) is 7.08. The fourth-order valence-electron chi connectivity index (χ4n) is 1.86. The summed E-state index contributed by atoms with van der Waals surface area (Å²) in [7, 11) is 1.56. The Kier molecular flexibility index (Phi) is 5.63. The van der Waals surface area contributed by atoms with Crippen molar-refractivity contribution in [2.45, 2.75) is 6.10 Å². The summed E-state index contributed by atoms with van der Waals surface area (Å²) in [5.74, 6) is 0.655. The number of hydrogen-bond acceptors (Lipinski definition) is 3. The largest absolute Gasteiger partial charge is 0.497 e. The number of amides is 2. The highest BCUT2D eigenvalue weighted by molar-refractivity contribution is 6.30. The molecule has 1 unspecified atom stereocenters. The van der Waals surface area contributed by atoms with Crippen molar-refractivity contribution in [3.63, 3.8) is 0 Å². The van der Waals surface area contributed by atoms with Crippen molar-refractivity contribution in [2.75, 3.05) is 19.0 Å². The lowest BCUT2D eigenvalue weighted by atomic mass is 10.1. The summed E-state index contributed by atoms with van der Waals surface area (Å²) in [5.41, 5.74) is 1.30. The monoisotopic (exact) mass is 320 g/mol. The van der Waals surface area contributed by atoms with Crippen molar-refractivity contribution in [3.05, 3.63) is 59.1 Å². The van der Waals surface area contributed by atoms with Crippen molar-refractivity contribution < 1.29 is 14.6 Å². The maximum Gasteiger partial charge on any atom is 0.319 e. The van der Waals surface area contributed by atoms with Crippen LogP contribution in [0.1, 0.15) is 11.7 Å². The molecule has 1 atom stereocenters. The van der Waals surface area contributed by atoms with Gasteiger partial charge in [0, 0.05) is 17.3 Å². The molecule has 2 amide bonds. The number of anilines is 1. The predicted octanol–water partition coefficient (Wildman–Crippen LogP) is 3.20. The number of aliphatic hydroxyl groups excluding tert-OH is 1. The lowest BCUT2D eigenvalue weighted by Crippen LogP contribution is -2.32. The first kappa shape index (κ1) is 16.1. The molecule has 6 heteroatoms. The molecule has 3 N–H and O–H groups in total. The number of carbonyl (C=O) groups is 1. The van der Waals surface area contributed by atoms with Gasteiger partial charge in [0.1, 0.15) is 5.75 Å². The Morgan fingerprint density at radius 2 is 2.00 bits per heavy atom. The Morgan fingerprint density at radius 3 is 2.68 bits per heavy atom. The Hall–Kier alpha value is -2.24. The van der Waals surface area contributed by atoms with Crippen molar-refractivity contribution in [1.82, 2.24) is 5.32 Å². The molecule has 0 aliphatic heterocycles. The summed E-state index contributed by atoms with van der Waals surface area (Å²) < 4.78 is 5.10. The summed E-state index contributed by atoms with van der Waals surface area (Å²) in [4.78, 5) is 11.8. The van der Waals surface area contributed by atoms with E-state index in [2.05, 4.69) is 10.6 Å². The van der Waals surface area contributed by atoms with Crippen molar-refractivity contribution in [3.8, 4) is 5.75 Å². The fourth-order valence-corrected chi connectivity index (χ4v) is 1.99. The van der Waals surface area contributed by atoms with Gasteiger partial charge in [-0.2, -0.15) is 0 Å². The number of carbonyl (C=O) groups excluding carboxylic acids is 1. The molecule has 0 saturated carbocycles. The normalized spacial score (nSPS) is 11.6. The van der Waals surface area contributed by atoms with Crippen molar-refractivity contribution in [1.29, 1.82) is 0 Å². The highest BCUT2D eigenvalue weighted by atomic mass is 35.5. The Balaban J connectivity index is 1.86. The van der Waals surface area contributed by atoms with Crippen LogP contribution in [0.5, 0.6) is 5.75 Å². The second kappa shape index (κ2) is 7.68. The van der Waals surface area contributed by atoms with Crippen LogP contribution in [0.3, 0.4) is 0 Å². The number of urea groups is 1. The molecule has 0 bridgehead atoms. The van der Waals surface area contributed by atoms with E-state index in [1.165, 1.54) is 0 Å². The quantitative estimate of drug-likeness (QED) is 0.792. The first-order valence-electron chi connectivity index (χ1n) is 6.71. The third-order valence-electron chi connectivity index (χ3n) is 3.04. The molecule has 2 aromatic carbocycles. The minimum Gasteiger partial charge on any atom is -0.497 e. The molecule has 5 nitrogen and oxygen atoms in total. The first-order chi connectivity index (χ1) is 10.6. The van der Waals surface area contributed by atoms with E-state index in [1.54, 1.807) is 55.6 Å². The molecule has 2 rings (SSSR count). The molecule has 116 valence electrons. The third kappa shape index (κ3) is 4.65. The number of ether oxygens (including phenoxy) is 1. The summed E-state index contributed by atoms with van der Waals surface area (Å²) in [5, 5.41) is 15.9. The second-order valence-corrected chi connectivity index (χ2v) is 5.07. The van der Waals surface area contributed by atoms with Gasteiger partial charge in [0.15, 0.2) is 0 Å². The third-order valence-corrected chi connectivity index (χ3v) is 3.29. The van der Waals surface area contributed by atoms with E-state index >= 15 is 0 Å². The van der Waals surface area contributed by atoms with Gasteiger partial charge < -0.3 is 20.5 Å². The van der Waals surface area contributed by atoms with Crippen LogP contribution in [-0.4, -0.2) is 24.8 Å². The zero-order valence-electron chi connectivity index (χ0n) is 12.0. The molecule has 0 radical (unpaired) electrons. The van der Waals surface area contributed by atoms with Crippen molar-refractivity contribution >= 4 is 23.3 Å². The lowest BCUT2D eigenvalue weighted by molar-refractivity contribution is 0.175. The van der Waals surface area contributed by atoms with Crippen LogP contribution >= 0.6 is 11.6 Å². The van der Waals surface area contributed by atoms with Gasteiger partial charge in [-0.1, -0.05) is 23.7 Å². The number of halogens is 1. The Labute approximate surface area is 133 Å². The van der Waals surface area contributed by atoms with Crippen LogP contribution in [0.15, 0.2) is 48.5 Å². The average molecular weight is 321 g/mol. The average Bonchev–Trinajstić information content (AvgIpc) is 2.55. The molecule has 22 heavy (non-hydrogen) atoms. The van der Waals surface area contributed by atoms with E-state index in [1.807, 2.05) is 0 Å². The summed E-state index contributed by atoms with van der Waals surface area (Å²) in [6.45, 7) is 0.0899. The molecule has 0 spiro atoms. The highest BCUT2D eigenvalue weighted by Gasteiger charge is 2.10. The topological polar surface area (TPSA) is 70.6 Å². The SMILES string of the molecule is COc1cccc(C(O)CNC(=O)Nc2ccc(Cl)cc2)c1. The van der Waals surface area contributed by atoms with Gasteiger partial charge in [-0.05, 0) is 42.0 Å². The molecule has 0 saturated heterocycles. The van der Waals surface area contributed by atoms with Gasteiger partial charge in [-0.15, -0.1) is 0 Å². The van der Waals surface area contributed by atoms with E-state index in [-0.39, 0.29) is 6.54 Å². The zero-order chi connectivity index (χ0) is 15.9. The van der Waals surface area contributed by atoms with Crippen LogP contribution in [0.25, 0.3) is 0 Å². The maximum absolute atomic E-state index is 11.8. The van der Waals surface area contributed by atoms with Gasteiger partial charge >= 0.3 is 6.03 Å². The maximum atomic E-state index is 11.8. The predicted molar refractivity (Wildman–Crippen MR) is 86.4 cm³/mol. The van der Waals surface area contributed by atoms with Crippen LogP contribution in [-0.2, 0) is 0 Å². The standard InChI is InChI=1S/C16H17ClN2O3/c1-22-14-4-2-3-11(9-14)15(20)10-18-16(21)19-13-7-5-12(17)6-8-13/h2-9,15,20H,10H2,1H3,(H2,18,19,21). The molecule has 0 fully saturated rings. The molecular weight excluding hydrogens is 304 g/mol. The van der Waals surface area contributed by atoms with Gasteiger partial charge in [-0.25, -0.2) is 4.79 Å². The summed E-state index contributed by atoms with van der Waals surface area (Å²) in [6.07, 6.45) is -0.814. The number of methoxy groups -OCH3 is 1. The number of hydrogen-bond donors (Lipinski definition) is 3. The summed E-state index contributed by atoms with van der Waals surface area (Å²) in [6, 6.07) is 13.4. The fraction of sp³-hybridized carbons (Fsp3) is 0.188. The van der Waals surface area contributed by atoms with Gasteiger partial charge in [-0.3, -0.25) is 0 Å². The van der Waals surface area contributed by atoms with Crippen LogP contribution in [0.4, 0.5) is 10.5 Å². The molecular formula is C16H17ClN2O3. The smallest absolute Gasteiger partial charge is 0.319 e. The van der Waals surface area contributed by atoms with E-state index in [9.17, 15) is 9.90 Å². The summed E-state index contributed by atoms with van der Waals surface area (Å²) >= 11 is 5.77. The second-order valence-electron chi connectivity index (χ2n) is 4.63. The van der Waals surface area contributed by atoms with E-state index < -0.39 is 12.1 Å². The van der Waals surface area contributed by atoms with Crippen LogP contribution in [0, 0.1) is 0 Å². The van der Waals surface area contributed by atoms with Crippen LogP contribution < -0.4 is 15.4 Å². The number of benzene rings is 2.